The number of methoxy groups -OCH3 is 1. The molecule has 0 radical (unpaired) electrons. The SMILES string of the molecule is COC(=O)c1ccc(C(=O)N2CCC(NC(=O)c3cc(OCc4ccccc4)c(OCc4ccccc4)c(OCc4ccccc4)c3)CC2)cc1. The Hall–Kier alpha value is -6.09. The van der Waals surface area contributed by atoms with Gasteiger partial charge in [0.1, 0.15) is 19.8 Å². The molecule has 1 heterocycles. The van der Waals surface area contributed by atoms with E-state index in [1.165, 1.54) is 7.11 Å². The van der Waals surface area contributed by atoms with Gasteiger partial charge < -0.3 is 29.2 Å². The Bertz CT molecular complexity index is 1840. The maximum absolute atomic E-state index is 13.8. The van der Waals surface area contributed by atoms with E-state index in [1.54, 1.807) is 41.3 Å². The molecule has 0 unspecified atom stereocenters. The third-order valence-corrected chi connectivity index (χ3v) is 8.65. The zero-order valence-electron chi connectivity index (χ0n) is 28.5. The molecule has 0 spiro atoms. The molecular weight excluding hydrogens is 644 g/mol. The lowest BCUT2D eigenvalue weighted by Gasteiger charge is -2.32. The molecule has 2 amide bonds. The van der Waals surface area contributed by atoms with E-state index in [4.69, 9.17) is 18.9 Å². The van der Waals surface area contributed by atoms with Crippen molar-refractivity contribution in [1.29, 1.82) is 0 Å². The number of hydrogen-bond acceptors (Lipinski definition) is 7. The molecule has 5 aromatic carbocycles. The van der Waals surface area contributed by atoms with Crippen molar-refractivity contribution in [3.8, 4) is 17.2 Å². The van der Waals surface area contributed by atoms with E-state index in [0.717, 1.165) is 16.7 Å². The highest BCUT2D eigenvalue weighted by atomic mass is 16.5. The second-order valence-electron chi connectivity index (χ2n) is 12.2. The number of benzene rings is 5. The van der Waals surface area contributed by atoms with Gasteiger partial charge in [-0.25, -0.2) is 4.79 Å². The molecule has 0 aromatic heterocycles. The summed E-state index contributed by atoms with van der Waals surface area (Å²) >= 11 is 0. The third kappa shape index (κ3) is 9.33. The van der Waals surface area contributed by atoms with Gasteiger partial charge in [0.15, 0.2) is 11.5 Å². The number of rotatable bonds is 13. The average Bonchev–Trinajstić information content (AvgIpc) is 3.19. The number of hydrogen-bond donors (Lipinski definition) is 1. The van der Waals surface area contributed by atoms with Gasteiger partial charge in [-0.2, -0.15) is 0 Å². The smallest absolute Gasteiger partial charge is 0.337 e. The van der Waals surface area contributed by atoms with Gasteiger partial charge in [0.25, 0.3) is 11.8 Å². The van der Waals surface area contributed by atoms with Crippen LogP contribution in [0.5, 0.6) is 17.2 Å². The molecule has 0 atom stereocenters. The molecule has 1 N–H and O–H groups in total. The van der Waals surface area contributed by atoms with Crippen LogP contribution in [-0.2, 0) is 24.6 Å². The molecule has 9 heteroatoms. The fraction of sp³-hybridized carbons (Fsp3) is 0.214. The van der Waals surface area contributed by atoms with Crippen molar-refractivity contribution in [3.63, 3.8) is 0 Å². The van der Waals surface area contributed by atoms with Crippen molar-refractivity contribution < 1.29 is 33.3 Å². The van der Waals surface area contributed by atoms with Crippen LogP contribution in [0.25, 0.3) is 0 Å². The lowest BCUT2D eigenvalue weighted by Crippen LogP contribution is -2.46. The molecule has 1 aliphatic rings. The lowest BCUT2D eigenvalue weighted by atomic mass is 10.0. The van der Waals surface area contributed by atoms with Crippen LogP contribution in [0.15, 0.2) is 127 Å². The van der Waals surface area contributed by atoms with E-state index >= 15 is 0 Å². The minimum absolute atomic E-state index is 0.123. The first-order valence-electron chi connectivity index (χ1n) is 16.9. The largest absolute Gasteiger partial charge is 0.485 e. The highest BCUT2D eigenvalue weighted by molar-refractivity contribution is 5.97. The fourth-order valence-electron chi connectivity index (χ4n) is 5.81. The van der Waals surface area contributed by atoms with Gasteiger partial charge in [0.2, 0.25) is 5.75 Å². The maximum atomic E-state index is 13.8. The van der Waals surface area contributed by atoms with Crippen LogP contribution in [0.1, 0.15) is 60.6 Å². The quantitative estimate of drug-likeness (QED) is 0.130. The van der Waals surface area contributed by atoms with E-state index in [-0.39, 0.29) is 37.7 Å². The van der Waals surface area contributed by atoms with Crippen molar-refractivity contribution >= 4 is 17.8 Å². The van der Waals surface area contributed by atoms with E-state index in [1.807, 2.05) is 91.0 Å². The summed E-state index contributed by atoms with van der Waals surface area (Å²) in [6.45, 7) is 1.77. The summed E-state index contributed by atoms with van der Waals surface area (Å²) in [5.41, 5.74) is 4.16. The van der Waals surface area contributed by atoms with Gasteiger partial charge >= 0.3 is 5.97 Å². The molecule has 260 valence electrons. The Labute approximate surface area is 297 Å². The molecule has 0 saturated carbocycles. The minimum Gasteiger partial charge on any atom is -0.485 e. The molecule has 6 rings (SSSR count). The van der Waals surface area contributed by atoms with Gasteiger partial charge in [-0.15, -0.1) is 0 Å². The topological polar surface area (TPSA) is 103 Å². The zero-order chi connectivity index (χ0) is 35.4. The molecule has 5 aromatic rings. The first-order valence-corrected chi connectivity index (χ1v) is 16.9. The van der Waals surface area contributed by atoms with Gasteiger partial charge in [-0.3, -0.25) is 9.59 Å². The summed E-state index contributed by atoms with van der Waals surface area (Å²) in [5, 5.41) is 3.16. The van der Waals surface area contributed by atoms with Crippen LogP contribution < -0.4 is 19.5 Å². The number of ether oxygens (including phenoxy) is 4. The second kappa shape index (κ2) is 17.0. The highest BCUT2D eigenvalue weighted by Gasteiger charge is 2.26. The number of piperidine rings is 1. The molecule has 9 nitrogen and oxygen atoms in total. The first-order chi connectivity index (χ1) is 25.0. The molecule has 0 bridgehead atoms. The van der Waals surface area contributed by atoms with Crippen molar-refractivity contribution in [1.82, 2.24) is 10.2 Å². The number of esters is 1. The first kappa shape index (κ1) is 34.8. The number of likely N-dealkylation sites (tertiary alicyclic amines) is 1. The van der Waals surface area contributed by atoms with Crippen molar-refractivity contribution in [2.75, 3.05) is 20.2 Å². The van der Waals surface area contributed by atoms with Gasteiger partial charge in [0, 0.05) is 30.3 Å². The molecule has 1 saturated heterocycles. The summed E-state index contributed by atoms with van der Waals surface area (Å²) in [5.74, 6) is 0.344. The van der Waals surface area contributed by atoms with Crippen LogP contribution in [-0.4, -0.2) is 48.9 Å². The summed E-state index contributed by atoms with van der Waals surface area (Å²) in [7, 11) is 1.32. The van der Waals surface area contributed by atoms with Gasteiger partial charge in [-0.05, 0) is 65.9 Å². The Morgan fingerprint density at radius 3 is 1.53 bits per heavy atom. The number of amides is 2. The fourth-order valence-corrected chi connectivity index (χ4v) is 5.81. The van der Waals surface area contributed by atoms with E-state index in [2.05, 4.69) is 5.32 Å². The van der Waals surface area contributed by atoms with Crippen LogP contribution in [0, 0.1) is 0 Å². The van der Waals surface area contributed by atoms with Crippen molar-refractivity contribution in [3.05, 3.63) is 161 Å². The Balaban J connectivity index is 1.19. The standard InChI is InChI=1S/C42H40N2O7/c1-48-42(47)34-19-17-33(18-20-34)41(46)44-23-21-36(22-24-44)43-40(45)35-25-37(49-27-30-11-5-2-6-12-30)39(51-29-32-15-9-4-10-16-32)38(26-35)50-28-31-13-7-3-8-14-31/h2-20,25-26,36H,21-24,27-29H2,1H3,(H,43,45). The molecule has 1 aliphatic heterocycles. The van der Waals surface area contributed by atoms with E-state index in [9.17, 15) is 14.4 Å². The van der Waals surface area contributed by atoms with Crippen LogP contribution in [0.3, 0.4) is 0 Å². The number of nitrogens with one attached hydrogen (secondary N) is 1. The van der Waals surface area contributed by atoms with Crippen LogP contribution in [0.2, 0.25) is 0 Å². The Morgan fingerprint density at radius 1 is 0.608 bits per heavy atom. The normalized spacial score (nSPS) is 12.8. The summed E-state index contributed by atoms with van der Waals surface area (Å²) in [6, 6.07) is 39.1. The summed E-state index contributed by atoms with van der Waals surface area (Å²) in [4.78, 5) is 40.5. The van der Waals surface area contributed by atoms with Gasteiger partial charge in [-0.1, -0.05) is 91.0 Å². The predicted molar refractivity (Wildman–Crippen MR) is 193 cm³/mol. The summed E-state index contributed by atoms with van der Waals surface area (Å²) in [6.07, 6.45) is 1.18. The molecular formula is C42H40N2O7. The minimum atomic E-state index is -0.454. The van der Waals surface area contributed by atoms with Crippen molar-refractivity contribution in [2.24, 2.45) is 0 Å². The van der Waals surface area contributed by atoms with E-state index in [0.29, 0.717) is 59.9 Å². The van der Waals surface area contributed by atoms with Crippen molar-refractivity contribution in [2.45, 2.75) is 38.7 Å². The van der Waals surface area contributed by atoms with Crippen LogP contribution in [0.4, 0.5) is 0 Å². The molecule has 51 heavy (non-hydrogen) atoms. The average molecular weight is 685 g/mol. The number of carbonyl (C=O) groups is 3. The zero-order valence-corrected chi connectivity index (χ0v) is 28.5. The Kier molecular flexibility index (Phi) is 11.6. The molecule has 0 aliphatic carbocycles. The summed E-state index contributed by atoms with van der Waals surface area (Å²) < 4.78 is 23.8. The Morgan fingerprint density at radius 2 is 1.06 bits per heavy atom. The maximum Gasteiger partial charge on any atom is 0.337 e. The highest BCUT2D eigenvalue weighted by Crippen LogP contribution is 2.40. The van der Waals surface area contributed by atoms with Gasteiger partial charge in [0.05, 0.1) is 12.7 Å². The second-order valence-corrected chi connectivity index (χ2v) is 12.2. The monoisotopic (exact) mass is 684 g/mol. The van der Waals surface area contributed by atoms with E-state index < -0.39 is 5.97 Å². The van der Waals surface area contributed by atoms with Crippen LogP contribution >= 0.6 is 0 Å². The lowest BCUT2D eigenvalue weighted by molar-refractivity contribution is 0.0598. The predicted octanol–water partition coefficient (Wildman–Crippen LogP) is 7.24. The number of carbonyl (C=O) groups excluding carboxylic acids is 3. The molecule has 1 fully saturated rings. The third-order valence-electron chi connectivity index (χ3n) is 8.65. The number of nitrogens with zero attached hydrogens (tertiary/aromatic N) is 1.